The molecule has 140 valence electrons. The number of fused-ring (bicyclic) bond motifs is 1. The zero-order valence-electron chi connectivity index (χ0n) is 14.5. The highest BCUT2D eigenvalue weighted by molar-refractivity contribution is 7.89. The Balaban J connectivity index is 1.75. The van der Waals surface area contributed by atoms with Gasteiger partial charge in [0.05, 0.1) is 16.0 Å². The molecule has 1 aliphatic heterocycles. The number of imide groups is 1. The van der Waals surface area contributed by atoms with Crippen LogP contribution in [-0.4, -0.2) is 48.8 Å². The number of benzene rings is 2. The number of nitrogens with zero attached hydrogens (tertiary/aromatic N) is 2. The first-order chi connectivity index (χ1) is 12.7. The van der Waals surface area contributed by atoms with E-state index in [0.717, 1.165) is 9.31 Å². The number of amides is 2. The maximum absolute atomic E-state index is 12.3. The van der Waals surface area contributed by atoms with Gasteiger partial charge in [-0.2, -0.15) is 5.01 Å². The van der Waals surface area contributed by atoms with Crippen molar-refractivity contribution in [3.05, 3.63) is 59.7 Å². The topological polar surface area (TPSA) is 98.8 Å². The van der Waals surface area contributed by atoms with Crippen LogP contribution in [0.1, 0.15) is 20.7 Å². The van der Waals surface area contributed by atoms with Crippen LogP contribution in [0.5, 0.6) is 0 Å². The summed E-state index contributed by atoms with van der Waals surface area (Å²) in [5.41, 5.74) is 3.52. The Kier molecular flexibility index (Phi) is 4.96. The monoisotopic (exact) mass is 404 g/mol. The standard InChI is InChI=1S/C17H16N4O4S2/c1-20(2)27(24,25)12-7-5-6-11(10-12)18-17(26)19-21-15(22)13-8-3-4-9-14(13)16(21)23/h3-10H,1-2H3,(H2,18,19,26). The predicted molar refractivity (Wildman–Crippen MR) is 104 cm³/mol. The van der Waals surface area contributed by atoms with E-state index in [9.17, 15) is 18.0 Å². The molecule has 0 saturated carbocycles. The van der Waals surface area contributed by atoms with E-state index >= 15 is 0 Å². The molecule has 1 aliphatic rings. The third-order valence-corrected chi connectivity index (χ3v) is 5.88. The molecule has 0 radical (unpaired) electrons. The molecule has 0 unspecified atom stereocenters. The summed E-state index contributed by atoms with van der Waals surface area (Å²) >= 11 is 5.15. The molecule has 2 amide bonds. The van der Waals surface area contributed by atoms with Gasteiger partial charge in [-0.15, -0.1) is 0 Å². The first kappa shape index (κ1) is 19.0. The molecular weight excluding hydrogens is 388 g/mol. The van der Waals surface area contributed by atoms with Crippen LogP contribution in [0.15, 0.2) is 53.4 Å². The number of nitrogens with one attached hydrogen (secondary N) is 2. The minimum atomic E-state index is -3.60. The molecule has 0 atom stereocenters. The molecule has 0 spiro atoms. The summed E-state index contributed by atoms with van der Waals surface area (Å²) < 4.78 is 25.5. The fourth-order valence-electron chi connectivity index (χ4n) is 2.50. The van der Waals surface area contributed by atoms with Crippen LogP contribution >= 0.6 is 12.2 Å². The van der Waals surface area contributed by atoms with Crippen LogP contribution in [0.2, 0.25) is 0 Å². The lowest BCUT2D eigenvalue weighted by Crippen LogP contribution is -2.47. The molecule has 2 aromatic carbocycles. The highest BCUT2D eigenvalue weighted by atomic mass is 32.2. The van der Waals surface area contributed by atoms with Crippen molar-refractivity contribution >= 4 is 44.9 Å². The van der Waals surface area contributed by atoms with Crippen LogP contribution in [0.25, 0.3) is 0 Å². The first-order valence-corrected chi connectivity index (χ1v) is 9.64. The van der Waals surface area contributed by atoms with Gasteiger partial charge >= 0.3 is 0 Å². The lowest BCUT2D eigenvalue weighted by Gasteiger charge is -2.18. The van der Waals surface area contributed by atoms with Crippen LogP contribution in [0.3, 0.4) is 0 Å². The normalized spacial score (nSPS) is 13.7. The fraction of sp³-hybridized carbons (Fsp3) is 0.118. The van der Waals surface area contributed by atoms with Gasteiger partial charge in [0, 0.05) is 19.8 Å². The van der Waals surface area contributed by atoms with Gasteiger partial charge in [-0.05, 0) is 42.5 Å². The second-order valence-corrected chi connectivity index (χ2v) is 8.43. The summed E-state index contributed by atoms with van der Waals surface area (Å²) in [6.07, 6.45) is 0. The van der Waals surface area contributed by atoms with Crippen molar-refractivity contribution in [2.24, 2.45) is 0 Å². The van der Waals surface area contributed by atoms with Crippen molar-refractivity contribution in [1.29, 1.82) is 0 Å². The number of hydrogen-bond donors (Lipinski definition) is 2. The molecule has 0 aliphatic carbocycles. The molecule has 1 heterocycles. The van der Waals surface area contributed by atoms with Crippen molar-refractivity contribution in [3.63, 3.8) is 0 Å². The SMILES string of the molecule is CN(C)S(=O)(=O)c1cccc(NC(=S)NN2C(=O)c3ccccc3C2=O)c1. The van der Waals surface area contributed by atoms with Gasteiger partial charge in [-0.3, -0.25) is 15.0 Å². The van der Waals surface area contributed by atoms with Crippen molar-refractivity contribution in [2.75, 3.05) is 19.4 Å². The molecule has 27 heavy (non-hydrogen) atoms. The number of hydrazine groups is 1. The summed E-state index contributed by atoms with van der Waals surface area (Å²) in [4.78, 5) is 24.7. The number of sulfonamides is 1. The second-order valence-electron chi connectivity index (χ2n) is 5.87. The maximum atomic E-state index is 12.3. The van der Waals surface area contributed by atoms with Gasteiger partial charge in [0.2, 0.25) is 10.0 Å². The van der Waals surface area contributed by atoms with Crippen LogP contribution in [0, 0.1) is 0 Å². The Labute approximate surface area is 161 Å². The number of carbonyl (C=O) groups excluding carboxylic acids is 2. The number of hydrogen-bond acceptors (Lipinski definition) is 5. The van der Waals surface area contributed by atoms with E-state index in [1.807, 2.05) is 0 Å². The van der Waals surface area contributed by atoms with E-state index in [2.05, 4.69) is 10.7 Å². The maximum Gasteiger partial charge on any atom is 0.280 e. The molecule has 0 fully saturated rings. The van der Waals surface area contributed by atoms with E-state index in [1.165, 1.54) is 26.2 Å². The van der Waals surface area contributed by atoms with Crippen LogP contribution < -0.4 is 10.7 Å². The molecule has 10 heteroatoms. The van der Waals surface area contributed by atoms with E-state index in [4.69, 9.17) is 12.2 Å². The lowest BCUT2D eigenvalue weighted by atomic mass is 10.1. The van der Waals surface area contributed by atoms with E-state index in [1.54, 1.807) is 36.4 Å². The third-order valence-electron chi connectivity index (χ3n) is 3.88. The van der Waals surface area contributed by atoms with Gasteiger partial charge in [0.1, 0.15) is 0 Å². The average Bonchev–Trinajstić information content (AvgIpc) is 2.87. The van der Waals surface area contributed by atoms with Crippen molar-refractivity contribution < 1.29 is 18.0 Å². The molecule has 2 N–H and O–H groups in total. The van der Waals surface area contributed by atoms with Gasteiger partial charge in [0.25, 0.3) is 11.8 Å². The van der Waals surface area contributed by atoms with E-state index in [0.29, 0.717) is 5.69 Å². The quantitative estimate of drug-likeness (QED) is 0.588. The number of thiocarbonyl (C=S) groups is 1. The molecule has 0 aromatic heterocycles. The molecule has 0 bridgehead atoms. The van der Waals surface area contributed by atoms with Crippen LogP contribution in [0.4, 0.5) is 5.69 Å². The lowest BCUT2D eigenvalue weighted by molar-refractivity contribution is 0.0613. The third kappa shape index (κ3) is 3.54. The zero-order valence-corrected chi connectivity index (χ0v) is 16.1. The van der Waals surface area contributed by atoms with Gasteiger partial charge in [-0.25, -0.2) is 12.7 Å². The fourth-order valence-corrected chi connectivity index (χ4v) is 3.65. The van der Waals surface area contributed by atoms with Crippen molar-refractivity contribution in [2.45, 2.75) is 4.90 Å². The Morgan fingerprint density at radius 1 is 1.00 bits per heavy atom. The van der Waals surface area contributed by atoms with Crippen LogP contribution in [-0.2, 0) is 10.0 Å². The summed E-state index contributed by atoms with van der Waals surface area (Å²) in [7, 11) is -0.732. The highest BCUT2D eigenvalue weighted by Crippen LogP contribution is 2.21. The Morgan fingerprint density at radius 2 is 1.59 bits per heavy atom. The summed E-state index contributed by atoms with van der Waals surface area (Å²) in [5, 5.41) is 3.58. The zero-order chi connectivity index (χ0) is 19.8. The van der Waals surface area contributed by atoms with Crippen molar-refractivity contribution in [1.82, 2.24) is 14.7 Å². The van der Waals surface area contributed by atoms with Crippen molar-refractivity contribution in [3.8, 4) is 0 Å². The first-order valence-electron chi connectivity index (χ1n) is 7.80. The Bertz CT molecular complexity index is 1020. The summed E-state index contributed by atoms with van der Waals surface area (Å²) in [6.45, 7) is 0. The van der Waals surface area contributed by atoms with Gasteiger partial charge in [0.15, 0.2) is 5.11 Å². The molecule has 8 nitrogen and oxygen atoms in total. The smallest absolute Gasteiger partial charge is 0.280 e. The summed E-state index contributed by atoms with van der Waals surface area (Å²) in [6, 6.07) is 12.5. The Hall–Kier alpha value is -2.82. The van der Waals surface area contributed by atoms with E-state index in [-0.39, 0.29) is 21.1 Å². The molecule has 2 aromatic rings. The molecule has 3 rings (SSSR count). The highest BCUT2D eigenvalue weighted by Gasteiger charge is 2.36. The average molecular weight is 404 g/mol. The Morgan fingerprint density at radius 3 is 2.15 bits per heavy atom. The van der Waals surface area contributed by atoms with E-state index < -0.39 is 21.8 Å². The molecular formula is C17H16N4O4S2. The number of carbonyl (C=O) groups is 2. The number of rotatable bonds is 4. The van der Waals surface area contributed by atoms with Gasteiger partial charge < -0.3 is 5.32 Å². The largest absolute Gasteiger partial charge is 0.331 e. The molecule has 0 saturated heterocycles. The predicted octanol–water partition coefficient (Wildman–Crippen LogP) is 1.43. The van der Waals surface area contributed by atoms with Gasteiger partial charge in [-0.1, -0.05) is 18.2 Å². The minimum Gasteiger partial charge on any atom is -0.331 e. The number of anilines is 1. The summed E-state index contributed by atoms with van der Waals surface area (Å²) in [5.74, 6) is -1.02. The second kappa shape index (κ2) is 7.06. The minimum absolute atomic E-state index is 0.0242.